The van der Waals surface area contributed by atoms with E-state index in [1.165, 1.54) is 6.20 Å². The summed E-state index contributed by atoms with van der Waals surface area (Å²) in [6.07, 6.45) is 6.09. The van der Waals surface area contributed by atoms with Crippen molar-refractivity contribution in [1.29, 1.82) is 0 Å². The van der Waals surface area contributed by atoms with E-state index in [-0.39, 0.29) is 5.03 Å². The molecule has 0 radical (unpaired) electrons. The van der Waals surface area contributed by atoms with Gasteiger partial charge in [-0.05, 0) is 32.6 Å². The number of rotatable bonds is 5. The van der Waals surface area contributed by atoms with Gasteiger partial charge < -0.3 is 9.30 Å². The van der Waals surface area contributed by atoms with Crippen LogP contribution in [0.25, 0.3) is 0 Å². The summed E-state index contributed by atoms with van der Waals surface area (Å²) >= 11 is 0. The molecule has 2 N–H and O–H groups in total. The Morgan fingerprint density at radius 2 is 2.39 bits per heavy atom. The van der Waals surface area contributed by atoms with Gasteiger partial charge in [0.25, 0.3) is 10.0 Å². The van der Waals surface area contributed by atoms with Crippen LogP contribution >= 0.6 is 0 Å². The van der Waals surface area contributed by atoms with E-state index in [0.29, 0.717) is 11.9 Å². The fourth-order valence-electron chi connectivity index (χ4n) is 2.20. The Labute approximate surface area is 107 Å². The van der Waals surface area contributed by atoms with Gasteiger partial charge in [-0.2, -0.15) is 0 Å². The van der Waals surface area contributed by atoms with Crippen LogP contribution in [0.5, 0.6) is 0 Å². The van der Waals surface area contributed by atoms with E-state index >= 15 is 0 Å². The van der Waals surface area contributed by atoms with Crippen molar-refractivity contribution in [3.8, 4) is 0 Å². The molecule has 0 aliphatic carbocycles. The monoisotopic (exact) mass is 273 g/mol. The van der Waals surface area contributed by atoms with Crippen molar-refractivity contribution in [2.45, 2.75) is 50.3 Å². The number of nitrogens with zero attached hydrogens (tertiary/aromatic N) is 2. The lowest BCUT2D eigenvalue weighted by Crippen LogP contribution is -2.12. The third-order valence-electron chi connectivity index (χ3n) is 3.19. The van der Waals surface area contributed by atoms with E-state index in [2.05, 4.69) is 4.98 Å². The fraction of sp³-hybridized carbons (Fsp3) is 0.727. The number of aryl methyl sites for hydroxylation is 2. The predicted octanol–water partition coefficient (Wildman–Crippen LogP) is 0.798. The number of imidazole rings is 1. The van der Waals surface area contributed by atoms with Crippen molar-refractivity contribution in [2.75, 3.05) is 6.61 Å². The average Bonchev–Trinajstić information content (AvgIpc) is 2.88. The molecule has 1 atom stereocenters. The lowest BCUT2D eigenvalue weighted by Gasteiger charge is -2.09. The Kier molecular flexibility index (Phi) is 4.04. The van der Waals surface area contributed by atoms with Gasteiger partial charge in [0.05, 0.1) is 6.10 Å². The highest BCUT2D eigenvalue weighted by atomic mass is 32.2. The quantitative estimate of drug-likeness (QED) is 0.859. The molecule has 1 aromatic heterocycles. The van der Waals surface area contributed by atoms with Gasteiger partial charge in [0, 0.05) is 19.3 Å². The first-order valence-electron chi connectivity index (χ1n) is 6.15. The van der Waals surface area contributed by atoms with Crippen LogP contribution < -0.4 is 5.14 Å². The first kappa shape index (κ1) is 13.5. The minimum Gasteiger partial charge on any atom is -0.378 e. The summed E-state index contributed by atoms with van der Waals surface area (Å²) in [6.45, 7) is 3.39. The fourth-order valence-corrected chi connectivity index (χ4v) is 2.74. The van der Waals surface area contributed by atoms with Crippen LogP contribution in [0.15, 0.2) is 11.2 Å². The summed E-state index contributed by atoms with van der Waals surface area (Å²) < 4.78 is 29.7. The minimum atomic E-state index is -3.70. The third kappa shape index (κ3) is 3.30. The van der Waals surface area contributed by atoms with Gasteiger partial charge in [-0.25, -0.2) is 18.5 Å². The van der Waals surface area contributed by atoms with Crippen LogP contribution in [-0.2, 0) is 21.3 Å². The summed E-state index contributed by atoms with van der Waals surface area (Å²) in [5, 5.41) is 4.99. The highest BCUT2D eigenvalue weighted by molar-refractivity contribution is 7.89. The second-order valence-electron chi connectivity index (χ2n) is 4.64. The molecule has 1 aromatic rings. The predicted molar refractivity (Wildman–Crippen MR) is 66.5 cm³/mol. The highest BCUT2D eigenvalue weighted by Gasteiger charge is 2.16. The summed E-state index contributed by atoms with van der Waals surface area (Å²) in [5.74, 6) is 0.673. The molecule has 1 saturated heterocycles. The number of ether oxygens (including phenoxy) is 1. The number of aromatic nitrogens is 2. The smallest absolute Gasteiger partial charge is 0.257 e. The molecule has 1 fully saturated rings. The molecule has 0 spiro atoms. The number of sulfonamides is 1. The van der Waals surface area contributed by atoms with Gasteiger partial charge in [0.15, 0.2) is 5.03 Å². The number of hydrogen-bond acceptors (Lipinski definition) is 4. The van der Waals surface area contributed by atoms with Crippen molar-refractivity contribution in [3.05, 3.63) is 12.0 Å². The van der Waals surface area contributed by atoms with Crippen LogP contribution in [0, 0.1) is 6.92 Å². The zero-order valence-corrected chi connectivity index (χ0v) is 11.3. The van der Waals surface area contributed by atoms with Crippen molar-refractivity contribution < 1.29 is 13.2 Å². The van der Waals surface area contributed by atoms with Gasteiger partial charge in [-0.1, -0.05) is 0 Å². The van der Waals surface area contributed by atoms with Crippen molar-refractivity contribution in [1.82, 2.24) is 9.55 Å². The van der Waals surface area contributed by atoms with Crippen LogP contribution in [0.2, 0.25) is 0 Å². The largest absolute Gasteiger partial charge is 0.378 e. The number of hydrogen-bond donors (Lipinski definition) is 1. The molecule has 102 valence electrons. The maximum Gasteiger partial charge on any atom is 0.257 e. The van der Waals surface area contributed by atoms with E-state index in [0.717, 1.165) is 38.8 Å². The zero-order valence-electron chi connectivity index (χ0n) is 10.5. The summed E-state index contributed by atoms with van der Waals surface area (Å²) in [6, 6.07) is 0. The normalized spacial score (nSPS) is 20.4. The second-order valence-corrected chi connectivity index (χ2v) is 6.15. The molecule has 0 aromatic carbocycles. The molecule has 1 aliphatic rings. The highest BCUT2D eigenvalue weighted by Crippen LogP contribution is 2.17. The maximum absolute atomic E-state index is 11.2. The van der Waals surface area contributed by atoms with Crippen molar-refractivity contribution in [2.24, 2.45) is 5.14 Å². The molecule has 18 heavy (non-hydrogen) atoms. The van der Waals surface area contributed by atoms with E-state index in [1.807, 2.05) is 4.57 Å². The Morgan fingerprint density at radius 1 is 1.61 bits per heavy atom. The molecule has 2 heterocycles. The topological polar surface area (TPSA) is 87.2 Å². The lowest BCUT2D eigenvalue weighted by molar-refractivity contribution is 0.101. The van der Waals surface area contributed by atoms with E-state index in [1.54, 1.807) is 6.92 Å². The van der Waals surface area contributed by atoms with Gasteiger partial charge in [-0.3, -0.25) is 0 Å². The minimum absolute atomic E-state index is 0.0582. The third-order valence-corrected chi connectivity index (χ3v) is 3.97. The molecule has 1 unspecified atom stereocenters. The van der Waals surface area contributed by atoms with Crippen molar-refractivity contribution >= 4 is 10.0 Å². The van der Waals surface area contributed by atoms with Crippen LogP contribution in [0.1, 0.15) is 31.5 Å². The Morgan fingerprint density at radius 3 is 2.94 bits per heavy atom. The Balaban J connectivity index is 1.91. The van der Waals surface area contributed by atoms with Gasteiger partial charge in [0.2, 0.25) is 0 Å². The molecule has 0 amide bonds. The van der Waals surface area contributed by atoms with Crippen LogP contribution in [-0.4, -0.2) is 30.7 Å². The molecule has 1 aliphatic heterocycles. The Bertz CT molecular complexity index is 504. The summed E-state index contributed by atoms with van der Waals surface area (Å²) in [7, 11) is -3.70. The average molecular weight is 273 g/mol. The molecule has 0 bridgehead atoms. The first-order chi connectivity index (χ1) is 8.47. The number of primary sulfonamides is 1. The Hall–Kier alpha value is -0.920. The van der Waals surface area contributed by atoms with Gasteiger partial charge in [0.1, 0.15) is 5.82 Å². The first-order valence-corrected chi connectivity index (χ1v) is 7.69. The van der Waals surface area contributed by atoms with E-state index in [4.69, 9.17) is 9.88 Å². The van der Waals surface area contributed by atoms with Gasteiger partial charge in [-0.15, -0.1) is 0 Å². The lowest BCUT2D eigenvalue weighted by atomic mass is 10.1. The summed E-state index contributed by atoms with van der Waals surface area (Å²) in [4.78, 5) is 3.95. The molecule has 6 nitrogen and oxygen atoms in total. The molecular weight excluding hydrogens is 254 g/mol. The molecular formula is C11H19N3O3S. The van der Waals surface area contributed by atoms with Crippen LogP contribution in [0.4, 0.5) is 0 Å². The van der Waals surface area contributed by atoms with E-state index in [9.17, 15) is 8.42 Å². The molecule has 7 heteroatoms. The maximum atomic E-state index is 11.2. The zero-order chi connectivity index (χ0) is 13.2. The standard InChI is InChI=1S/C11H19N3O3S/c1-9-13-11(18(12,15)16)8-14(9)6-2-4-10-5-3-7-17-10/h8,10H,2-7H2,1H3,(H2,12,15,16). The van der Waals surface area contributed by atoms with Crippen molar-refractivity contribution in [3.63, 3.8) is 0 Å². The molecule has 0 saturated carbocycles. The summed E-state index contributed by atoms with van der Waals surface area (Å²) in [5.41, 5.74) is 0. The molecule has 2 rings (SSSR count). The van der Waals surface area contributed by atoms with E-state index < -0.39 is 10.0 Å². The SMILES string of the molecule is Cc1nc(S(N)(=O)=O)cn1CCCC1CCCO1. The number of nitrogens with two attached hydrogens (primary N) is 1. The second kappa shape index (κ2) is 5.38. The van der Waals surface area contributed by atoms with Crippen LogP contribution in [0.3, 0.4) is 0 Å². The van der Waals surface area contributed by atoms with Gasteiger partial charge >= 0.3 is 0 Å².